The van der Waals surface area contributed by atoms with Crippen molar-refractivity contribution < 1.29 is 23.9 Å². The number of benzene rings is 1. The van der Waals surface area contributed by atoms with Gasteiger partial charge in [-0.3, -0.25) is 9.59 Å². The van der Waals surface area contributed by atoms with E-state index in [1.807, 2.05) is 10.6 Å². The number of hydrogen-bond acceptors (Lipinski definition) is 5. The van der Waals surface area contributed by atoms with Crippen LogP contribution in [0.2, 0.25) is 0 Å². The van der Waals surface area contributed by atoms with Crippen molar-refractivity contribution in [3.63, 3.8) is 0 Å². The van der Waals surface area contributed by atoms with Gasteiger partial charge in [0.2, 0.25) is 0 Å². The smallest absolute Gasteiger partial charge is 0.344 e. The molecular weight excluding hydrogens is 428 g/mol. The maximum absolute atomic E-state index is 12.5. The molecule has 0 saturated carbocycles. The van der Waals surface area contributed by atoms with E-state index in [2.05, 4.69) is 15.9 Å². The van der Waals surface area contributed by atoms with Gasteiger partial charge in [0.05, 0.1) is 16.5 Å². The quantitative estimate of drug-likeness (QED) is 0.287. The number of esters is 1. The second-order valence-electron chi connectivity index (χ2n) is 7.37. The number of ether oxygens (including phenoxy) is 2. The number of carbonyl (C=O) groups excluding carboxylic acids is 3. The second kappa shape index (κ2) is 8.77. The zero-order valence-corrected chi connectivity index (χ0v) is 18.1. The Hall–Kier alpha value is -2.35. The molecular formula is C20H25BrN2O5. The molecule has 0 aliphatic carbocycles. The van der Waals surface area contributed by atoms with Crippen LogP contribution in [-0.2, 0) is 20.9 Å². The molecule has 0 unspecified atom stereocenters. The maximum Gasteiger partial charge on any atom is 0.344 e. The molecule has 0 spiro atoms. The van der Waals surface area contributed by atoms with Crippen LogP contribution in [-0.4, -0.2) is 39.8 Å². The van der Waals surface area contributed by atoms with Gasteiger partial charge in [-0.05, 0) is 46.2 Å². The Morgan fingerprint density at radius 1 is 1.21 bits per heavy atom. The fourth-order valence-corrected chi connectivity index (χ4v) is 3.28. The van der Waals surface area contributed by atoms with Gasteiger partial charge in [-0.25, -0.2) is 4.79 Å². The zero-order valence-electron chi connectivity index (χ0n) is 16.5. The Morgan fingerprint density at radius 3 is 2.46 bits per heavy atom. The first-order valence-corrected chi connectivity index (χ1v) is 10.1. The van der Waals surface area contributed by atoms with Crippen LogP contribution < -0.4 is 10.5 Å². The molecule has 0 radical (unpaired) electrons. The molecule has 0 saturated heterocycles. The number of fused-ring (bicyclic) bond motifs is 1. The van der Waals surface area contributed by atoms with E-state index in [9.17, 15) is 14.4 Å². The average Bonchev–Trinajstić information content (AvgIpc) is 2.88. The van der Waals surface area contributed by atoms with E-state index in [0.29, 0.717) is 23.4 Å². The monoisotopic (exact) mass is 452 g/mol. The molecule has 0 aliphatic rings. The van der Waals surface area contributed by atoms with Crippen LogP contribution in [0.1, 0.15) is 43.2 Å². The Kier molecular flexibility index (Phi) is 6.87. The minimum atomic E-state index is -1.04. The minimum absolute atomic E-state index is 0.205. The van der Waals surface area contributed by atoms with Crippen molar-refractivity contribution in [1.29, 1.82) is 0 Å². The number of hydrogen-bond donors (Lipinski definition) is 1. The molecule has 2 N–H and O–H groups in total. The van der Waals surface area contributed by atoms with Gasteiger partial charge in [-0.2, -0.15) is 0 Å². The van der Waals surface area contributed by atoms with E-state index in [4.69, 9.17) is 15.2 Å². The number of alkyl halides is 1. The predicted octanol–water partition coefficient (Wildman–Crippen LogP) is 3.12. The molecule has 1 aromatic carbocycles. The lowest BCUT2D eigenvalue weighted by molar-refractivity contribution is -0.157. The normalized spacial score (nSPS) is 11.5. The molecule has 0 aliphatic heterocycles. The van der Waals surface area contributed by atoms with Gasteiger partial charge in [0.25, 0.3) is 11.7 Å². The highest BCUT2D eigenvalue weighted by Crippen LogP contribution is 2.34. The van der Waals surface area contributed by atoms with Crippen molar-refractivity contribution in [3.8, 4) is 5.75 Å². The Morgan fingerprint density at radius 2 is 1.89 bits per heavy atom. The van der Waals surface area contributed by atoms with Crippen molar-refractivity contribution in [2.45, 2.75) is 46.3 Å². The molecule has 1 aromatic heterocycles. The third-order valence-electron chi connectivity index (χ3n) is 4.04. The average molecular weight is 453 g/mol. The number of rotatable bonds is 8. The Bertz CT molecular complexity index is 911. The summed E-state index contributed by atoms with van der Waals surface area (Å²) in [7, 11) is 0. The van der Waals surface area contributed by atoms with E-state index in [-0.39, 0.29) is 12.2 Å². The van der Waals surface area contributed by atoms with E-state index in [0.717, 1.165) is 17.3 Å². The lowest BCUT2D eigenvalue weighted by Crippen LogP contribution is -2.27. The molecule has 0 atom stereocenters. The fourth-order valence-electron chi connectivity index (χ4n) is 3.03. The summed E-state index contributed by atoms with van der Waals surface area (Å²) in [4.78, 5) is 36.1. The van der Waals surface area contributed by atoms with E-state index in [1.54, 1.807) is 39.8 Å². The van der Waals surface area contributed by atoms with Crippen LogP contribution in [0.3, 0.4) is 0 Å². The summed E-state index contributed by atoms with van der Waals surface area (Å²) in [6.07, 6.45) is 0.831. The number of ketones is 1. The minimum Gasteiger partial charge on any atom is -0.481 e. The number of Topliss-reactive ketones (excluding diaryl/α,β-unsaturated/α-hetero) is 1. The Balaban J connectivity index is 2.51. The largest absolute Gasteiger partial charge is 0.481 e. The van der Waals surface area contributed by atoms with Crippen LogP contribution >= 0.6 is 15.9 Å². The number of primary amides is 1. The van der Waals surface area contributed by atoms with Gasteiger partial charge in [0.1, 0.15) is 11.4 Å². The standard InChI is InChI=1S/C20H25BrN2O5/c1-12-16(18(25)19(22)26)17-13(23(12)10-6-9-21)7-5-8-14(17)27-11-15(24)28-20(2,3)4/h5,7-8H,6,9-11H2,1-4H3,(H2,22,26). The van der Waals surface area contributed by atoms with Crippen LogP contribution in [0.5, 0.6) is 5.75 Å². The summed E-state index contributed by atoms with van der Waals surface area (Å²) in [5.74, 6) is -2.02. The summed E-state index contributed by atoms with van der Waals surface area (Å²) < 4.78 is 12.9. The number of amides is 1. The van der Waals surface area contributed by atoms with E-state index < -0.39 is 23.3 Å². The topological polar surface area (TPSA) is 101 Å². The molecule has 28 heavy (non-hydrogen) atoms. The SMILES string of the molecule is Cc1c(C(=O)C(N)=O)c2c(OCC(=O)OC(C)(C)C)cccc2n1CCCBr. The van der Waals surface area contributed by atoms with Crippen molar-refractivity contribution in [1.82, 2.24) is 4.57 Å². The number of aromatic nitrogens is 1. The molecule has 2 aromatic rings. The number of nitrogens with two attached hydrogens (primary N) is 1. The van der Waals surface area contributed by atoms with Gasteiger partial charge in [-0.15, -0.1) is 0 Å². The lowest BCUT2D eigenvalue weighted by Gasteiger charge is -2.19. The van der Waals surface area contributed by atoms with Gasteiger partial charge in [-0.1, -0.05) is 22.0 Å². The first kappa shape index (κ1) is 21.9. The summed E-state index contributed by atoms with van der Waals surface area (Å²) >= 11 is 3.40. The van der Waals surface area contributed by atoms with Gasteiger partial charge in [0.15, 0.2) is 6.61 Å². The lowest BCUT2D eigenvalue weighted by atomic mass is 10.1. The first-order chi connectivity index (χ1) is 13.1. The van der Waals surface area contributed by atoms with E-state index in [1.165, 1.54) is 0 Å². The maximum atomic E-state index is 12.5. The molecule has 7 nitrogen and oxygen atoms in total. The van der Waals surface area contributed by atoms with Crippen LogP contribution in [0.15, 0.2) is 18.2 Å². The molecule has 0 bridgehead atoms. The summed E-state index contributed by atoms with van der Waals surface area (Å²) in [5.41, 5.74) is 6.21. The third kappa shape index (κ3) is 4.92. The first-order valence-electron chi connectivity index (χ1n) is 8.93. The highest BCUT2D eigenvalue weighted by Gasteiger charge is 2.26. The molecule has 152 valence electrons. The number of carbonyl (C=O) groups is 3. The van der Waals surface area contributed by atoms with Gasteiger partial charge < -0.3 is 19.8 Å². The fraction of sp³-hybridized carbons (Fsp3) is 0.450. The summed E-state index contributed by atoms with van der Waals surface area (Å²) in [6, 6.07) is 5.27. The summed E-state index contributed by atoms with van der Waals surface area (Å²) in [5, 5.41) is 1.27. The highest BCUT2D eigenvalue weighted by molar-refractivity contribution is 9.09. The predicted molar refractivity (Wildman–Crippen MR) is 110 cm³/mol. The number of aryl methyl sites for hydroxylation is 1. The van der Waals surface area contributed by atoms with Crippen molar-refractivity contribution in [2.24, 2.45) is 5.73 Å². The van der Waals surface area contributed by atoms with Gasteiger partial charge in [0, 0.05) is 17.6 Å². The molecule has 0 fully saturated rings. The van der Waals surface area contributed by atoms with Crippen molar-refractivity contribution >= 4 is 44.5 Å². The molecule has 2 rings (SSSR count). The zero-order chi connectivity index (χ0) is 21.1. The Labute approximate surface area is 172 Å². The molecule has 8 heteroatoms. The summed E-state index contributed by atoms with van der Waals surface area (Å²) in [6.45, 7) is 7.40. The number of halogens is 1. The second-order valence-corrected chi connectivity index (χ2v) is 8.17. The van der Waals surface area contributed by atoms with Crippen LogP contribution in [0.25, 0.3) is 10.9 Å². The molecule has 1 amide bonds. The number of nitrogens with zero attached hydrogens (tertiary/aromatic N) is 1. The van der Waals surface area contributed by atoms with Gasteiger partial charge >= 0.3 is 5.97 Å². The van der Waals surface area contributed by atoms with E-state index >= 15 is 0 Å². The van der Waals surface area contributed by atoms with Crippen LogP contribution in [0.4, 0.5) is 0 Å². The van der Waals surface area contributed by atoms with Crippen molar-refractivity contribution in [2.75, 3.05) is 11.9 Å². The highest BCUT2D eigenvalue weighted by atomic mass is 79.9. The van der Waals surface area contributed by atoms with Crippen molar-refractivity contribution in [3.05, 3.63) is 29.5 Å². The van der Waals surface area contributed by atoms with Crippen LogP contribution in [0, 0.1) is 6.92 Å². The molecule has 1 heterocycles. The third-order valence-corrected chi connectivity index (χ3v) is 4.60.